The molecular weight excluding hydrogens is 791 g/mol. The van der Waals surface area contributed by atoms with Crippen molar-refractivity contribution in [3.63, 3.8) is 0 Å². The van der Waals surface area contributed by atoms with Crippen LogP contribution in [0.4, 0.5) is 22.7 Å². The Kier molecular flexibility index (Phi) is 8.47. The van der Waals surface area contributed by atoms with Crippen LogP contribution in [0.15, 0.2) is 200 Å². The van der Waals surface area contributed by atoms with Gasteiger partial charge in [0.05, 0.1) is 27.8 Å². The molecule has 2 aliphatic rings. The molecule has 0 aliphatic carbocycles. The highest BCUT2D eigenvalue weighted by Crippen LogP contribution is 2.43. The molecule has 0 saturated carbocycles. The summed E-state index contributed by atoms with van der Waals surface area (Å²) in [4.78, 5) is 15.5. The van der Waals surface area contributed by atoms with Crippen molar-refractivity contribution in [1.82, 2.24) is 19.1 Å². The van der Waals surface area contributed by atoms with Gasteiger partial charge in [-0.2, -0.15) is 0 Å². The van der Waals surface area contributed by atoms with Gasteiger partial charge in [0.15, 0.2) is 0 Å². The highest BCUT2D eigenvalue weighted by molar-refractivity contribution is 7.00. The summed E-state index contributed by atoms with van der Waals surface area (Å²) in [5.41, 5.74) is 20.3. The summed E-state index contributed by atoms with van der Waals surface area (Å²) in [7, 11) is 0. The molecule has 6 nitrogen and oxygen atoms in total. The van der Waals surface area contributed by atoms with Gasteiger partial charge in [0.2, 0.25) is 0 Å². The molecule has 7 heteroatoms. The zero-order valence-corrected chi connectivity index (χ0v) is 36.2. The molecule has 65 heavy (non-hydrogen) atoms. The first-order chi connectivity index (χ1) is 32.1. The average molecular weight is 835 g/mol. The number of benzene rings is 8. The maximum absolute atomic E-state index is 5.45. The molecule has 0 spiro atoms. The smallest absolute Gasteiger partial charge is 0.252 e. The van der Waals surface area contributed by atoms with Crippen LogP contribution in [-0.2, 0) is 13.1 Å². The molecule has 8 aromatic carbocycles. The molecule has 5 heterocycles. The molecule has 3 aromatic heterocycles. The number of nitrogens with zero attached hydrogens (tertiary/aromatic N) is 6. The first kappa shape index (κ1) is 37.4. The van der Waals surface area contributed by atoms with Crippen LogP contribution in [0.2, 0.25) is 0 Å². The molecule has 0 radical (unpaired) electrons. The van der Waals surface area contributed by atoms with Gasteiger partial charge in [-0.15, -0.1) is 0 Å². The van der Waals surface area contributed by atoms with Gasteiger partial charge >= 0.3 is 0 Å². The number of imidazole rings is 1. The lowest BCUT2D eigenvalue weighted by Crippen LogP contribution is -2.62. The van der Waals surface area contributed by atoms with Crippen molar-refractivity contribution in [2.45, 2.75) is 26.9 Å². The van der Waals surface area contributed by atoms with Gasteiger partial charge in [-0.25, -0.2) is 9.97 Å². The SMILES string of the molecule is Cc1cccc(C)c1-n1c(-c2ccc3c(c2)B2c4cc5c(cc4N(Cc4ccccc4)c4cccc(c42)N3Cc2ccccc2)c2ccccc2n5-c2ccccn2)nc2ccccc21. The van der Waals surface area contributed by atoms with Gasteiger partial charge < -0.3 is 9.80 Å². The number of hydrogen-bond acceptors (Lipinski definition) is 4. The van der Waals surface area contributed by atoms with E-state index >= 15 is 0 Å². The maximum atomic E-state index is 5.45. The highest BCUT2D eigenvalue weighted by atomic mass is 15.2. The number of anilines is 4. The fourth-order valence-corrected chi connectivity index (χ4v) is 10.9. The predicted octanol–water partition coefficient (Wildman–Crippen LogP) is 11.6. The van der Waals surface area contributed by atoms with Crippen LogP contribution in [0.25, 0.3) is 55.7 Å². The number of fused-ring (bicyclic) bond motifs is 8. The Balaban J connectivity index is 1.12. The second-order valence-corrected chi connectivity index (χ2v) is 17.5. The largest absolute Gasteiger partial charge is 0.338 e. The molecule has 0 N–H and O–H groups in total. The Labute approximate surface area is 378 Å². The molecule has 308 valence electrons. The van der Waals surface area contributed by atoms with E-state index in [0.29, 0.717) is 0 Å². The molecule has 0 saturated heterocycles. The van der Waals surface area contributed by atoms with E-state index in [1.54, 1.807) is 0 Å². The first-order valence-electron chi connectivity index (χ1n) is 22.5. The molecule has 0 atom stereocenters. The van der Waals surface area contributed by atoms with Crippen molar-refractivity contribution in [2.75, 3.05) is 9.80 Å². The molecule has 11 aromatic rings. The zero-order chi connectivity index (χ0) is 43.2. The van der Waals surface area contributed by atoms with Crippen molar-refractivity contribution in [3.8, 4) is 22.9 Å². The van der Waals surface area contributed by atoms with Crippen molar-refractivity contribution in [1.29, 1.82) is 0 Å². The summed E-state index contributed by atoms with van der Waals surface area (Å²) < 4.78 is 4.74. The zero-order valence-electron chi connectivity index (χ0n) is 36.2. The molecular formula is C58H43BN6. The van der Waals surface area contributed by atoms with Crippen molar-refractivity contribution in [3.05, 3.63) is 223 Å². The number of rotatable bonds is 7. The van der Waals surface area contributed by atoms with Gasteiger partial charge in [-0.1, -0.05) is 127 Å². The Morgan fingerprint density at radius 2 is 1.09 bits per heavy atom. The number of aromatic nitrogens is 4. The topological polar surface area (TPSA) is 42.1 Å². The third-order valence-electron chi connectivity index (χ3n) is 13.7. The predicted molar refractivity (Wildman–Crippen MR) is 270 cm³/mol. The first-order valence-corrected chi connectivity index (χ1v) is 22.5. The van der Waals surface area contributed by atoms with Crippen LogP contribution < -0.4 is 26.2 Å². The van der Waals surface area contributed by atoms with Crippen LogP contribution in [-0.4, -0.2) is 25.8 Å². The minimum absolute atomic E-state index is 0.0807. The standard InChI is InChI=1S/C58H43BN6/c1-38-17-15-18-39(2)57(38)65-50-26-12-10-24-47(50)61-58(65)42-30-31-49-45(33-42)59-46-35-53-44(43-23-9-11-25-48(43)64(53)55-29-13-14-32-60-55)34-54(46)63(37-41-21-7-4-8-22-41)52-28-16-27-51(56(52)59)62(49)36-40-19-5-3-6-20-40/h3-35H,36-37H2,1-2H3. The summed E-state index contributed by atoms with van der Waals surface area (Å²) in [5.74, 6) is 1.84. The van der Waals surface area contributed by atoms with Crippen LogP contribution in [0.5, 0.6) is 0 Å². The average Bonchev–Trinajstić information content (AvgIpc) is 3.89. The lowest BCUT2D eigenvalue weighted by molar-refractivity contribution is 0.961. The Morgan fingerprint density at radius 1 is 0.462 bits per heavy atom. The minimum atomic E-state index is -0.0807. The molecule has 2 aliphatic heterocycles. The molecule has 0 bridgehead atoms. The van der Waals surface area contributed by atoms with Crippen LogP contribution in [0, 0.1) is 13.8 Å². The summed E-state index contributed by atoms with van der Waals surface area (Å²) in [6.07, 6.45) is 1.89. The van der Waals surface area contributed by atoms with Gasteiger partial charge in [0, 0.05) is 58.4 Å². The molecule has 0 fully saturated rings. The van der Waals surface area contributed by atoms with E-state index in [4.69, 9.17) is 9.97 Å². The lowest BCUT2D eigenvalue weighted by Gasteiger charge is -2.44. The van der Waals surface area contributed by atoms with Crippen molar-refractivity contribution < 1.29 is 0 Å². The summed E-state index contributed by atoms with van der Waals surface area (Å²) in [5, 5.41) is 2.42. The van der Waals surface area contributed by atoms with E-state index in [0.717, 1.165) is 52.4 Å². The molecule has 13 rings (SSSR count). The number of pyridine rings is 1. The molecule has 0 amide bonds. The Hall–Kier alpha value is -8.16. The second kappa shape index (κ2) is 14.7. The fourth-order valence-electron chi connectivity index (χ4n) is 10.9. The normalized spacial score (nSPS) is 12.8. The fraction of sp³-hybridized carbons (Fsp3) is 0.0690. The third-order valence-corrected chi connectivity index (χ3v) is 13.7. The Morgan fingerprint density at radius 3 is 1.82 bits per heavy atom. The minimum Gasteiger partial charge on any atom is -0.338 e. The number of aryl methyl sites for hydroxylation is 2. The van der Waals surface area contributed by atoms with E-state index in [1.165, 1.54) is 77.9 Å². The number of hydrogen-bond donors (Lipinski definition) is 0. The highest BCUT2D eigenvalue weighted by Gasteiger charge is 2.43. The van der Waals surface area contributed by atoms with Gasteiger partial charge in [0.25, 0.3) is 6.71 Å². The monoisotopic (exact) mass is 834 g/mol. The second-order valence-electron chi connectivity index (χ2n) is 17.5. The third kappa shape index (κ3) is 5.82. The Bertz CT molecular complexity index is 3630. The summed E-state index contributed by atoms with van der Waals surface area (Å²) in [6, 6.07) is 70.8. The van der Waals surface area contributed by atoms with E-state index in [9.17, 15) is 0 Å². The van der Waals surface area contributed by atoms with E-state index in [-0.39, 0.29) is 6.71 Å². The van der Waals surface area contributed by atoms with E-state index in [1.807, 2.05) is 12.3 Å². The van der Waals surface area contributed by atoms with Gasteiger partial charge in [-0.05, 0) is 119 Å². The summed E-state index contributed by atoms with van der Waals surface area (Å²) in [6.45, 7) is 5.79. The van der Waals surface area contributed by atoms with E-state index < -0.39 is 0 Å². The van der Waals surface area contributed by atoms with Crippen molar-refractivity contribution in [2.24, 2.45) is 0 Å². The number of para-hydroxylation sites is 4. The van der Waals surface area contributed by atoms with Gasteiger partial charge in [0.1, 0.15) is 11.6 Å². The van der Waals surface area contributed by atoms with Crippen LogP contribution in [0.1, 0.15) is 22.3 Å². The quantitative estimate of drug-likeness (QED) is 0.150. The van der Waals surface area contributed by atoms with Crippen LogP contribution in [0.3, 0.4) is 0 Å². The van der Waals surface area contributed by atoms with Crippen molar-refractivity contribution >= 4 is 78.7 Å². The lowest BCUT2D eigenvalue weighted by atomic mass is 9.33. The van der Waals surface area contributed by atoms with Gasteiger partial charge in [-0.3, -0.25) is 9.13 Å². The van der Waals surface area contributed by atoms with Crippen LogP contribution >= 0.6 is 0 Å². The summed E-state index contributed by atoms with van der Waals surface area (Å²) >= 11 is 0. The maximum Gasteiger partial charge on any atom is 0.252 e. The molecule has 0 unspecified atom stereocenters. The van der Waals surface area contributed by atoms with E-state index in [2.05, 4.69) is 221 Å².